The summed E-state index contributed by atoms with van der Waals surface area (Å²) >= 11 is 0. The highest BCUT2D eigenvalue weighted by molar-refractivity contribution is 6.66. The molecule has 3 heteroatoms. The van der Waals surface area contributed by atoms with Gasteiger partial charge in [0.15, 0.2) is 0 Å². The van der Waals surface area contributed by atoms with E-state index in [1.54, 1.807) is 0 Å². The molecule has 0 aromatic carbocycles. The summed E-state index contributed by atoms with van der Waals surface area (Å²) < 4.78 is 12.5. The van der Waals surface area contributed by atoms with E-state index in [1.165, 1.54) is 134 Å². The number of rotatable bonds is 25. The summed E-state index contributed by atoms with van der Waals surface area (Å²) in [7, 11) is -1.93. The maximum Gasteiger partial charge on any atom is 0.334 e. The van der Waals surface area contributed by atoms with E-state index in [2.05, 4.69) is 27.3 Å². The quantitative estimate of drug-likeness (QED) is 0.103. The van der Waals surface area contributed by atoms with E-state index in [0.29, 0.717) is 0 Å². The van der Waals surface area contributed by atoms with Crippen LogP contribution in [0.25, 0.3) is 0 Å². The van der Waals surface area contributed by atoms with E-state index >= 15 is 0 Å². The van der Waals surface area contributed by atoms with Gasteiger partial charge in [-0.15, -0.1) is 0 Å². The summed E-state index contributed by atoms with van der Waals surface area (Å²) in [6, 6.07) is 1.18. The van der Waals surface area contributed by atoms with Gasteiger partial charge in [0.25, 0.3) is 0 Å². The van der Waals surface area contributed by atoms with Crippen molar-refractivity contribution in [3.8, 4) is 0 Å². The van der Waals surface area contributed by atoms with Crippen LogP contribution in [0.2, 0.25) is 12.6 Å². The third-order valence-corrected chi connectivity index (χ3v) is 9.19. The molecule has 0 fully saturated rings. The first-order valence-corrected chi connectivity index (χ1v) is 16.5. The van der Waals surface area contributed by atoms with Gasteiger partial charge in [-0.3, -0.25) is 0 Å². The molecule has 0 aliphatic rings. The molecule has 0 rings (SSSR count). The first-order valence-electron chi connectivity index (χ1n) is 14.0. The topological polar surface area (TPSA) is 18.5 Å². The van der Waals surface area contributed by atoms with Crippen LogP contribution in [0, 0.1) is 0 Å². The minimum Gasteiger partial charge on any atom is -0.394 e. The number of unbranched alkanes of at least 4 members (excludes halogenated alkanes) is 17. The van der Waals surface area contributed by atoms with Crippen molar-refractivity contribution in [3.05, 3.63) is 0 Å². The molecule has 0 aliphatic heterocycles. The molecule has 30 heavy (non-hydrogen) atoms. The molecule has 0 unspecified atom stereocenters. The monoisotopic (exact) mass is 442 g/mol. The van der Waals surface area contributed by atoms with Gasteiger partial charge in [-0.2, -0.15) is 0 Å². The van der Waals surface area contributed by atoms with Gasteiger partial charge < -0.3 is 8.85 Å². The van der Waals surface area contributed by atoms with Gasteiger partial charge in [0.1, 0.15) is 0 Å². The summed E-state index contributed by atoms with van der Waals surface area (Å²) in [6.07, 6.45) is 27.6. The van der Waals surface area contributed by atoms with Gasteiger partial charge in [-0.25, -0.2) is 0 Å². The largest absolute Gasteiger partial charge is 0.394 e. The fraction of sp³-hybridized carbons (Fsp3) is 1.00. The van der Waals surface area contributed by atoms with Crippen molar-refractivity contribution in [1.29, 1.82) is 0 Å². The van der Waals surface area contributed by atoms with E-state index in [1.807, 2.05) is 0 Å². The van der Waals surface area contributed by atoms with Crippen molar-refractivity contribution >= 4 is 8.56 Å². The lowest BCUT2D eigenvalue weighted by Gasteiger charge is -2.27. The molecular formula is C27H58O2Si. The van der Waals surface area contributed by atoms with Crippen LogP contribution < -0.4 is 0 Å². The van der Waals surface area contributed by atoms with E-state index in [9.17, 15) is 0 Å². The molecule has 0 bridgehead atoms. The Labute approximate surface area is 192 Å². The number of hydrogen-bond donors (Lipinski definition) is 0. The average Bonchev–Trinajstić information content (AvgIpc) is 2.74. The fourth-order valence-corrected chi connectivity index (χ4v) is 6.46. The van der Waals surface area contributed by atoms with Crippen molar-refractivity contribution in [3.63, 3.8) is 0 Å². The second kappa shape index (κ2) is 23.8. The Hall–Kier alpha value is 0.137. The second-order valence-corrected chi connectivity index (χ2v) is 12.9. The van der Waals surface area contributed by atoms with E-state index in [0.717, 1.165) is 13.2 Å². The van der Waals surface area contributed by atoms with Crippen molar-refractivity contribution < 1.29 is 8.85 Å². The highest BCUT2D eigenvalue weighted by Gasteiger charge is 2.30. The molecule has 0 aromatic rings. The predicted octanol–water partition coefficient (Wildman–Crippen LogP) is 9.95. The molecule has 0 aromatic heterocycles. The molecular weight excluding hydrogens is 384 g/mol. The maximum atomic E-state index is 6.26. The van der Waals surface area contributed by atoms with Crippen LogP contribution in [0.5, 0.6) is 0 Å². The van der Waals surface area contributed by atoms with E-state index in [-0.39, 0.29) is 0 Å². The lowest BCUT2D eigenvalue weighted by Crippen LogP contribution is -2.39. The van der Waals surface area contributed by atoms with Crippen LogP contribution >= 0.6 is 0 Å². The molecule has 0 heterocycles. The van der Waals surface area contributed by atoms with Crippen molar-refractivity contribution in [1.82, 2.24) is 0 Å². The highest BCUT2D eigenvalue weighted by Crippen LogP contribution is 2.20. The Morgan fingerprint density at radius 2 is 0.700 bits per heavy atom. The van der Waals surface area contributed by atoms with Crippen LogP contribution in [-0.2, 0) is 8.85 Å². The molecule has 0 saturated carbocycles. The average molecular weight is 443 g/mol. The number of hydrogen-bond acceptors (Lipinski definition) is 2. The van der Waals surface area contributed by atoms with Crippen LogP contribution in [0.1, 0.15) is 149 Å². The van der Waals surface area contributed by atoms with E-state index < -0.39 is 8.56 Å². The van der Waals surface area contributed by atoms with Gasteiger partial charge in [-0.05, 0) is 25.4 Å². The second-order valence-electron chi connectivity index (χ2n) is 9.59. The molecule has 0 aliphatic carbocycles. The minimum atomic E-state index is -1.93. The Morgan fingerprint density at radius 3 is 1.03 bits per heavy atom. The fourth-order valence-electron chi connectivity index (χ4n) is 4.05. The molecule has 0 saturated heterocycles. The van der Waals surface area contributed by atoms with Gasteiger partial charge in [0.05, 0.1) is 0 Å². The Bertz CT molecular complexity index is 312. The first kappa shape index (κ1) is 30.1. The Kier molecular flexibility index (Phi) is 23.9. The lowest BCUT2D eigenvalue weighted by atomic mass is 10.0. The van der Waals surface area contributed by atoms with E-state index in [4.69, 9.17) is 8.85 Å². The SMILES string of the molecule is CCCCCCCCCCCCCCCCCC[Si](C)(OCCCC)OCCCC. The van der Waals surface area contributed by atoms with Gasteiger partial charge in [0.2, 0.25) is 0 Å². The molecule has 0 atom stereocenters. The first-order chi connectivity index (χ1) is 14.7. The third-order valence-electron chi connectivity index (χ3n) is 6.30. The molecule has 0 amide bonds. The van der Waals surface area contributed by atoms with Gasteiger partial charge in [-0.1, -0.05) is 136 Å². The maximum absolute atomic E-state index is 6.26. The van der Waals surface area contributed by atoms with Gasteiger partial charge in [0, 0.05) is 13.2 Å². The standard InChI is InChI=1S/C27H58O2Si/c1-5-8-11-12-13-14-15-16-17-18-19-20-21-22-23-24-27-30(4,28-25-9-6-2)29-26-10-7-3/h5-27H2,1-4H3. The Balaban J connectivity index is 3.51. The summed E-state index contributed by atoms with van der Waals surface area (Å²) in [5.41, 5.74) is 0. The lowest BCUT2D eigenvalue weighted by molar-refractivity contribution is 0.168. The summed E-state index contributed by atoms with van der Waals surface area (Å²) in [4.78, 5) is 0. The third kappa shape index (κ3) is 21.4. The molecule has 0 radical (unpaired) electrons. The van der Waals surface area contributed by atoms with Crippen LogP contribution in [-0.4, -0.2) is 21.8 Å². The smallest absolute Gasteiger partial charge is 0.334 e. The summed E-state index contributed by atoms with van der Waals surface area (Å²) in [5, 5.41) is 0. The molecule has 182 valence electrons. The van der Waals surface area contributed by atoms with Crippen molar-refractivity contribution in [2.75, 3.05) is 13.2 Å². The highest BCUT2D eigenvalue weighted by atomic mass is 28.4. The minimum absolute atomic E-state index is 0.893. The molecule has 2 nitrogen and oxygen atoms in total. The van der Waals surface area contributed by atoms with Gasteiger partial charge >= 0.3 is 8.56 Å². The summed E-state index contributed by atoms with van der Waals surface area (Å²) in [5.74, 6) is 0. The summed E-state index contributed by atoms with van der Waals surface area (Å²) in [6.45, 7) is 10.8. The zero-order valence-electron chi connectivity index (χ0n) is 21.6. The van der Waals surface area contributed by atoms with Crippen LogP contribution in [0.4, 0.5) is 0 Å². The van der Waals surface area contributed by atoms with Crippen LogP contribution in [0.3, 0.4) is 0 Å². The van der Waals surface area contributed by atoms with Crippen LogP contribution in [0.15, 0.2) is 0 Å². The zero-order valence-corrected chi connectivity index (χ0v) is 22.6. The normalized spacial score (nSPS) is 12.0. The molecule has 0 spiro atoms. The Morgan fingerprint density at radius 1 is 0.400 bits per heavy atom. The van der Waals surface area contributed by atoms with Crippen molar-refractivity contribution in [2.24, 2.45) is 0 Å². The zero-order chi connectivity index (χ0) is 22.2. The molecule has 0 N–H and O–H groups in total. The van der Waals surface area contributed by atoms with Crippen molar-refractivity contribution in [2.45, 2.75) is 162 Å². The predicted molar refractivity (Wildman–Crippen MR) is 138 cm³/mol.